The number of rotatable bonds is 4. The summed E-state index contributed by atoms with van der Waals surface area (Å²) in [6.45, 7) is 1.85. The smallest absolute Gasteiger partial charge is 0.177 e. The monoisotopic (exact) mass is 166 g/mol. The van der Waals surface area contributed by atoms with Crippen LogP contribution < -0.4 is 0 Å². The van der Waals surface area contributed by atoms with Gasteiger partial charge in [-0.15, -0.1) is 24.7 Å². The molecule has 0 aromatic carbocycles. The molecule has 2 N–H and O–H groups in total. The molecule has 66 valence electrons. The summed E-state index contributed by atoms with van der Waals surface area (Å²) < 4.78 is 0. The average molecular weight is 166 g/mol. The van der Waals surface area contributed by atoms with Gasteiger partial charge in [0.15, 0.2) is 5.79 Å². The van der Waals surface area contributed by atoms with Crippen molar-refractivity contribution in [3.05, 3.63) is 0 Å². The minimum Gasteiger partial charge on any atom is -0.365 e. The third-order valence-corrected chi connectivity index (χ3v) is 1.87. The summed E-state index contributed by atoms with van der Waals surface area (Å²) in [5.41, 5.74) is 0. The molecule has 0 aliphatic heterocycles. The van der Waals surface area contributed by atoms with E-state index in [0.717, 1.165) is 0 Å². The first-order valence-corrected chi connectivity index (χ1v) is 3.90. The molecule has 1 unspecified atom stereocenters. The second kappa shape index (κ2) is 4.83. The summed E-state index contributed by atoms with van der Waals surface area (Å²) in [5.74, 6) is 2.46. The minimum atomic E-state index is -1.81. The van der Waals surface area contributed by atoms with Gasteiger partial charge >= 0.3 is 0 Å². The summed E-state index contributed by atoms with van der Waals surface area (Å²) in [7, 11) is 0. The van der Waals surface area contributed by atoms with Gasteiger partial charge in [-0.25, -0.2) is 0 Å². The molecule has 0 aliphatic carbocycles. The molecule has 12 heavy (non-hydrogen) atoms. The van der Waals surface area contributed by atoms with Crippen molar-refractivity contribution in [2.75, 3.05) is 0 Å². The van der Waals surface area contributed by atoms with Crippen molar-refractivity contribution in [2.24, 2.45) is 5.92 Å². The maximum absolute atomic E-state index is 9.42. The number of hydrogen-bond donors (Lipinski definition) is 2. The molecule has 0 bridgehead atoms. The van der Waals surface area contributed by atoms with E-state index in [-0.39, 0.29) is 12.3 Å². The molecule has 0 spiro atoms. The highest BCUT2D eigenvalue weighted by Gasteiger charge is 2.31. The lowest BCUT2D eigenvalue weighted by atomic mass is 9.90. The predicted molar refractivity (Wildman–Crippen MR) is 47.8 cm³/mol. The summed E-state index contributed by atoms with van der Waals surface area (Å²) in [5, 5.41) is 18.8. The first-order chi connectivity index (χ1) is 5.58. The zero-order valence-electron chi connectivity index (χ0n) is 7.25. The van der Waals surface area contributed by atoms with Crippen molar-refractivity contribution in [3.63, 3.8) is 0 Å². The molecule has 2 heteroatoms. The maximum atomic E-state index is 9.42. The average Bonchev–Trinajstić information content (AvgIpc) is 1.99. The molecule has 0 saturated heterocycles. The van der Waals surface area contributed by atoms with Crippen LogP contribution in [-0.2, 0) is 0 Å². The van der Waals surface area contributed by atoms with Crippen LogP contribution in [0.3, 0.4) is 0 Å². The Morgan fingerprint density at radius 3 is 2.25 bits per heavy atom. The molecule has 0 rings (SSSR count). The molecule has 0 fully saturated rings. The molecule has 0 radical (unpaired) electrons. The molecule has 0 amide bonds. The lowest BCUT2D eigenvalue weighted by Gasteiger charge is -2.27. The fraction of sp³-hybridized carbons (Fsp3) is 0.600. The molecule has 0 aromatic heterocycles. The van der Waals surface area contributed by atoms with E-state index in [1.165, 1.54) is 0 Å². The van der Waals surface area contributed by atoms with Crippen molar-refractivity contribution in [1.82, 2.24) is 0 Å². The second-order valence-corrected chi connectivity index (χ2v) is 2.77. The van der Waals surface area contributed by atoms with Gasteiger partial charge < -0.3 is 10.2 Å². The van der Waals surface area contributed by atoms with Gasteiger partial charge in [-0.05, 0) is 6.42 Å². The molecular weight excluding hydrogens is 152 g/mol. The van der Waals surface area contributed by atoms with Gasteiger partial charge in [-0.2, -0.15) is 0 Å². The van der Waals surface area contributed by atoms with Gasteiger partial charge in [0.2, 0.25) is 0 Å². The first kappa shape index (κ1) is 11.0. The van der Waals surface area contributed by atoms with Crippen LogP contribution in [0, 0.1) is 30.6 Å². The summed E-state index contributed by atoms with van der Waals surface area (Å²) in [6, 6.07) is 0. The Balaban J connectivity index is 4.29. The Hall–Kier alpha value is -0.960. The van der Waals surface area contributed by atoms with Gasteiger partial charge in [-0.3, -0.25) is 0 Å². The Morgan fingerprint density at radius 1 is 1.33 bits per heavy atom. The van der Waals surface area contributed by atoms with Crippen LogP contribution in [0.5, 0.6) is 0 Å². The third-order valence-electron chi connectivity index (χ3n) is 1.87. The fourth-order valence-electron chi connectivity index (χ4n) is 1.07. The van der Waals surface area contributed by atoms with E-state index < -0.39 is 5.79 Å². The van der Waals surface area contributed by atoms with Gasteiger partial charge in [0.25, 0.3) is 0 Å². The van der Waals surface area contributed by atoms with Crippen LogP contribution in [0.15, 0.2) is 0 Å². The molecular formula is C10H14O2. The van der Waals surface area contributed by atoms with E-state index >= 15 is 0 Å². The third kappa shape index (κ3) is 2.96. The topological polar surface area (TPSA) is 40.5 Å². The van der Waals surface area contributed by atoms with Gasteiger partial charge in [0.05, 0.1) is 6.42 Å². The molecule has 2 nitrogen and oxygen atoms in total. The van der Waals surface area contributed by atoms with Crippen LogP contribution in [0.4, 0.5) is 0 Å². The van der Waals surface area contributed by atoms with Crippen LogP contribution in [0.25, 0.3) is 0 Å². The zero-order valence-corrected chi connectivity index (χ0v) is 7.25. The standard InChI is InChI=1S/C10H14O2/c1-4-7-9(6-3)10(11,12)8-5-2/h1-2,9,11-12H,6-8H2,3H3. The lowest BCUT2D eigenvalue weighted by Crippen LogP contribution is -2.36. The van der Waals surface area contributed by atoms with Gasteiger partial charge in [0, 0.05) is 12.3 Å². The first-order valence-electron chi connectivity index (χ1n) is 3.90. The highest BCUT2D eigenvalue weighted by molar-refractivity contribution is 4.96. The Morgan fingerprint density at radius 2 is 1.92 bits per heavy atom. The minimum absolute atomic E-state index is 0.0762. The second-order valence-electron chi connectivity index (χ2n) is 2.77. The van der Waals surface area contributed by atoms with Crippen molar-refractivity contribution in [2.45, 2.75) is 32.0 Å². The molecule has 1 atom stereocenters. The van der Waals surface area contributed by atoms with Crippen molar-refractivity contribution >= 4 is 0 Å². The number of hydrogen-bond acceptors (Lipinski definition) is 2. The van der Waals surface area contributed by atoms with E-state index in [4.69, 9.17) is 12.8 Å². The van der Waals surface area contributed by atoms with Crippen LogP contribution >= 0.6 is 0 Å². The molecule has 0 aromatic rings. The van der Waals surface area contributed by atoms with E-state index in [2.05, 4.69) is 11.8 Å². The molecule has 0 heterocycles. The van der Waals surface area contributed by atoms with Gasteiger partial charge in [-0.1, -0.05) is 6.92 Å². The summed E-state index contributed by atoms with van der Waals surface area (Å²) in [4.78, 5) is 0. The number of terminal acetylenes is 2. The molecule has 0 aliphatic rings. The highest BCUT2D eigenvalue weighted by Crippen LogP contribution is 2.23. The van der Waals surface area contributed by atoms with E-state index in [9.17, 15) is 10.2 Å². The van der Waals surface area contributed by atoms with Crippen LogP contribution in [0.1, 0.15) is 26.2 Å². The normalized spacial score (nSPS) is 13.1. The Bertz CT molecular complexity index is 205. The fourth-order valence-corrected chi connectivity index (χ4v) is 1.07. The van der Waals surface area contributed by atoms with Crippen molar-refractivity contribution in [3.8, 4) is 24.7 Å². The Labute approximate surface area is 73.6 Å². The predicted octanol–water partition coefficient (Wildman–Crippen LogP) is 0.740. The summed E-state index contributed by atoms with van der Waals surface area (Å²) in [6.07, 6.45) is 10.9. The van der Waals surface area contributed by atoms with Crippen LogP contribution in [0.2, 0.25) is 0 Å². The highest BCUT2D eigenvalue weighted by atomic mass is 16.5. The van der Waals surface area contributed by atoms with E-state index in [1.54, 1.807) is 0 Å². The number of aliphatic hydroxyl groups is 2. The Kier molecular flexibility index (Phi) is 4.44. The SMILES string of the molecule is C#CCC(CC)C(O)(O)CC#C. The maximum Gasteiger partial charge on any atom is 0.177 e. The van der Waals surface area contributed by atoms with Crippen molar-refractivity contribution in [1.29, 1.82) is 0 Å². The van der Waals surface area contributed by atoms with Gasteiger partial charge in [0.1, 0.15) is 0 Å². The van der Waals surface area contributed by atoms with Crippen molar-refractivity contribution < 1.29 is 10.2 Å². The molecule has 0 saturated carbocycles. The van der Waals surface area contributed by atoms with Crippen LogP contribution in [-0.4, -0.2) is 16.0 Å². The van der Waals surface area contributed by atoms with E-state index in [0.29, 0.717) is 12.8 Å². The largest absolute Gasteiger partial charge is 0.365 e. The zero-order chi connectivity index (χ0) is 9.61. The lowest BCUT2D eigenvalue weighted by molar-refractivity contribution is -0.195. The van der Waals surface area contributed by atoms with E-state index in [1.807, 2.05) is 6.92 Å². The quantitative estimate of drug-likeness (QED) is 0.477. The summed E-state index contributed by atoms with van der Waals surface area (Å²) >= 11 is 0.